The predicted molar refractivity (Wildman–Crippen MR) is 110 cm³/mol. The number of carbonyl (C=O) groups is 2. The highest BCUT2D eigenvalue weighted by Crippen LogP contribution is 2.45. The molecule has 158 valence electrons. The molecule has 1 atom stereocenters. The van der Waals surface area contributed by atoms with Crippen LogP contribution in [0.5, 0.6) is 0 Å². The number of likely N-dealkylation sites (tertiary alicyclic amines) is 1. The molecule has 0 N–H and O–H groups in total. The van der Waals surface area contributed by atoms with Crippen LogP contribution in [-0.2, 0) is 20.7 Å². The Balaban J connectivity index is 1.70. The maximum absolute atomic E-state index is 13.0. The fourth-order valence-electron chi connectivity index (χ4n) is 4.18. The highest BCUT2D eigenvalue weighted by Gasteiger charge is 2.51. The average Bonchev–Trinajstić information content (AvgIpc) is 3.12. The van der Waals surface area contributed by atoms with Crippen LogP contribution in [0.1, 0.15) is 38.4 Å². The highest BCUT2D eigenvalue weighted by atomic mass is 16.6. The molecule has 1 unspecified atom stereocenters. The monoisotopic (exact) mass is 410 g/mol. The number of aromatic nitrogens is 3. The summed E-state index contributed by atoms with van der Waals surface area (Å²) in [4.78, 5) is 31.4. The van der Waals surface area contributed by atoms with Crippen LogP contribution in [0.2, 0.25) is 0 Å². The van der Waals surface area contributed by atoms with Crippen LogP contribution >= 0.6 is 0 Å². The first-order valence-electron chi connectivity index (χ1n) is 9.98. The van der Waals surface area contributed by atoms with Gasteiger partial charge in [-0.2, -0.15) is 5.10 Å². The zero-order valence-electron chi connectivity index (χ0n) is 17.7. The number of ether oxygens (including phenoxy) is 2. The van der Waals surface area contributed by atoms with Crippen LogP contribution in [0.25, 0.3) is 11.8 Å². The SMILES string of the molecule is COC(=O)C12Cc3cnn(-c4cccnc4)c3C=C1CCN(C(=O)OC(C)(C)C)C2. The number of amides is 1. The molecule has 30 heavy (non-hydrogen) atoms. The smallest absolute Gasteiger partial charge is 0.410 e. The maximum Gasteiger partial charge on any atom is 0.410 e. The summed E-state index contributed by atoms with van der Waals surface area (Å²) in [7, 11) is 1.38. The van der Waals surface area contributed by atoms with Gasteiger partial charge in [-0.25, -0.2) is 9.48 Å². The van der Waals surface area contributed by atoms with E-state index >= 15 is 0 Å². The van der Waals surface area contributed by atoms with Gasteiger partial charge >= 0.3 is 12.1 Å². The van der Waals surface area contributed by atoms with Crippen molar-refractivity contribution >= 4 is 18.1 Å². The largest absolute Gasteiger partial charge is 0.468 e. The van der Waals surface area contributed by atoms with Crippen molar-refractivity contribution in [2.45, 2.75) is 39.2 Å². The molecule has 2 aromatic rings. The number of hydrogen-bond acceptors (Lipinski definition) is 6. The molecule has 8 heteroatoms. The van der Waals surface area contributed by atoms with Crippen molar-refractivity contribution in [3.05, 3.63) is 47.6 Å². The maximum atomic E-state index is 13.0. The lowest BCUT2D eigenvalue weighted by Crippen LogP contribution is -2.54. The van der Waals surface area contributed by atoms with Gasteiger partial charge in [0.15, 0.2) is 0 Å². The van der Waals surface area contributed by atoms with Gasteiger partial charge in [-0.1, -0.05) is 0 Å². The molecule has 1 saturated heterocycles. The molecule has 8 nitrogen and oxygen atoms in total. The average molecular weight is 410 g/mol. The van der Waals surface area contributed by atoms with Gasteiger partial charge in [0.25, 0.3) is 0 Å². The Kier molecular flexibility index (Phi) is 4.88. The quantitative estimate of drug-likeness (QED) is 0.708. The standard InChI is InChI=1S/C22H26N4O4/c1-21(2,3)30-20(28)25-9-7-16-10-18-15(11-22(16,14-25)19(27)29-4)12-24-26(18)17-6-5-8-23-13-17/h5-6,8,10,12-13H,7,9,11,14H2,1-4H3. The van der Waals surface area contributed by atoms with E-state index < -0.39 is 17.1 Å². The summed E-state index contributed by atoms with van der Waals surface area (Å²) in [5, 5.41) is 4.52. The van der Waals surface area contributed by atoms with Crippen LogP contribution in [0.4, 0.5) is 4.79 Å². The van der Waals surface area contributed by atoms with Gasteiger partial charge in [-0.3, -0.25) is 9.78 Å². The summed E-state index contributed by atoms with van der Waals surface area (Å²) in [6.45, 7) is 6.19. The second kappa shape index (κ2) is 7.27. The van der Waals surface area contributed by atoms with Crippen molar-refractivity contribution in [3.63, 3.8) is 0 Å². The van der Waals surface area contributed by atoms with Crippen LogP contribution in [0.15, 0.2) is 36.3 Å². The Labute approximate surface area is 175 Å². The third-order valence-corrected chi connectivity index (χ3v) is 5.53. The number of rotatable bonds is 2. The molecule has 4 rings (SSSR count). The first kappa shape index (κ1) is 20.1. The minimum absolute atomic E-state index is 0.220. The van der Waals surface area contributed by atoms with Gasteiger partial charge in [0.2, 0.25) is 0 Å². The van der Waals surface area contributed by atoms with Crippen molar-refractivity contribution in [2.24, 2.45) is 5.41 Å². The minimum Gasteiger partial charge on any atom is -0.468 e. The number of pyridine rings is 1. The van der Waals surface area contributed by atoms with Crippen molar-refractivity contribution in [2.75, 3.05) is 20.2 Å². The molecule has 1 aliphatic heterocycles. The number of nitrogens with zero attached hydrogens (tertiary/aromatic N) is 4. The van der Waals surface area contributed by atoms with Gasteiger partial charge in [-0.05, 0) is 63.0 Å². The van der Waals surface area contributed by atoms with Crippen LogP contribution in [0, 0.1) is 5.41 Å². The number of esters is 1. The number of carbonyl (C=O) groups excluding carboxylic acids is 2. The first-order chi connectivity index (χ1) is 14.2. The van der Waals surface area contributed by atoms with E-state index in [0.717, 1.165) is 22.5 Å². The number of hydrogen-bond donors (Lipinski definition) is 0. The van der Waals surface area contributed by atoms with Crippen molar-refractivity contribution in [1.82, 2.24) is 19.7 Å². The highest BCUT2D eigenvalue weighted by molar-refractivity contribution is 5.86. The molecule has 3 heterocycles. The molecule has 1 amide bonds. The number of fused-ring (bicyclic) bond motifs is 2. The summed E-state index contributed by atoms with van der Waals surface area (Å²) < 4.78 is 12.6. The van der Waals surface area contributed by atoms with Crippen molar-refractivity contribution < 1.29 is 19.1 Å². The summed E-state index contributed by atoms with van der Waals surface area (Å²) in [6, 6.07) is 3.80. The Hall–Kier alpha value is -3.16. The van der Waals surface area contributed by atoms with Crippen LogP contribution in [-0.4, -0.2) is 57.5 Å². The molecule has 0 saturated carbocycles. The van der Waals surface area contributed by atoms with E-state index in [1.165, 1.54) is 7.11 Å². The van der Waals surface area contributed by atoms with E-state index in [-0.39, 0.29) is 12.5 Å². The Morgan fingerprint density at radius 1 is 1.23 bits per heavy atom. The Bertz CT molecular complexity index is 1010. The molecule has 0 bridgehead atoms. The lowest BCUT2D eigenvalue weighted by atomic mass is 9.68. The van der Waals surface area contributed by atoms with Gasteiger partial charge in [0, 0.05) is 19.3 Å². The summed E-state index contributed by atoms with van der Waals surface area (Å²) >= 11 is 0. The number of methoxy groups -OCH3 is 1. The molecule has 2 aromatic heterocycles. The van der Waals surface area contributed by atoms with Gasteiger partial charge in [0.05, 0.1) is 30.9 Å². The fourth-order valence-corrected chi connectivity index (χ4v) is 4.18. The van der Waals surface area contributed by atoms with Gasteiger partial charge in [-0.15, -0.1) is 0 Å². The second-order valence-electron chi connectivity index (χ2n) is 8.75. The minimum atomic E-state index is -0.931. The van der Waals surface area contributed by atoms with E-state index in [2.05, 4.69) is 10.1 Å². The van der Waals surface area contributed by atoms with Crippen molar-refractivity contribution in [1.29, 1.82) is 0 Å². The molecular weight excluding hydrogens is 384 g/mol. The van der Waals surface area contributed by atoms with Crippen LogP contribution < -0.4 is 0 Å². The zero-order chi connectivity index (χ0) is 21.5. The normalized spacial score (nSPS) is 20.7. The Morgan fingerprint density at radius 2 is 2.03 bits per heavy atom. The summed E-state index contributed by atoms with van der Waals surface area (Å²) in [6.07, 6.45) is 7.81. The molecule has 0 aromatic carbocycles. The van der Waals surface area contributed by atoms with E-state index in [1.54, 1.807) is 23.5 Å². The van der Waals surface area contributed by atoms with Gasteiger partial charge in [0.1, 0.15) is 11.0 Å². The van der Waals surface area contributed by atoms with E-state index in [1.807, 2.05) is 43.7 Å². The summed E-state index contributed by atoms with van der Waals surface area (Å²) in [5.41, 5.74) is 2.14. The topological polar surface area (TPSA) is 86.5 Å². The van der Waals surface area contributed by atoms with E-state index in [4.69, 9.17) is 9.47 Å². The molecule has 1 aliphatic carbocycles. The number of piperidine rings is 1. The lowest BCUT2D eigenvalue weighted by Gasteiger charge is -2.44. The second-order valence-corrected chi connectivity index (χ2v) is 8.75. The fraction of sp³-hybridized carbons (Fsp3) is 0.455. The van der Waals surface area contributed by atoms with Crippen LogP contribution in [0.3, 0.4) is 0 Å². The lowest BCUT2D eigenvalue weighted by molar-refractivity contribution is -0.152. The molecule has 0 radical (unpaired) electrons. The predicted octanol–water partition coefficient (Wildman–Crippen LogP) is 3.01. The molecule has 2 aliphatic rings. The third-order valence-electron chi connectivity index (χ3n) is 5.53. The van der Waals surface area contributed by atoms with E-state index in [9.17, 15) is 9.59 Å². The Morgan fingerprint density at radius 3 is 2.70 bits per heavy atom. The molecule has 0 spiro atoms. The third kappa shape index (κ3) is 3.46. The van der Waals surface area contributed by atoms with Gasteiger partial charge < -0.3 is 14.4 Å². The molecular formula is C22H26N4O4. The van der Waals surface area contributed by atoms with E-state index in [0.29, 0.717) is 19.4 Å². The molecule has 1 fully saturated rings. The summed E-state index contributed by atoms with van der Waals surface area (Å²) in [5.74, 6) is -0.346. The zero-order valence-corrected chi connectivity index (χ0v) is 17.7. The first-order valence-corrected chi connectivity index (χ1v) is 9.98. The van der Waals surface area contributed by atoms with Crippen molar-refractivity contribution in [3.8, 4) is 5.69 Å².